The number of thiocarbonyl (C=S) groups is 1. The van der Waals surface area contributed by atoms with Gasteiger partial charge in [0, 0.05) is 6.21 Å². The smallest absolute Gasteiger partial charge is 0.231 e. The number of hydrogen-bond donors (Lipinski definition) is 2. The maximum Gasteiger partial charge on any atom is 0.231 e. The van der Waals surface area contributed by atoms with E-state index in [-0.39, 0.29) is 11.9 Å². The second-order valence-electron chi connectivity index (χ2n) is 3.23. The van der Waals surface area contributed by atoms with E-state index in [0.29, 0.717) is 0 Å². The van der Waals surface area contributed by atoms with Crippen molar-refractivity contribution in [2.24, 2.45) is 10.8 Å². The zero-order chi connectivity index (χ0) is 12.1. The molecule has 2 rings (SSSR count). The molecule has 88 valence electrons. The third kappa shape index (κ3) is 3.18. The Balaban J connectivity index is 1.97. The number of ether oxygens (including phenoxy) is 2. The second kappa shape index (κ2) is 5.31. The van der Waals surface area contributed by atoms with Gasteiger partial charge in [-0.15, -0.1) is 0 Å². The fraction of sp³-hybridized carbons (Fsp3) is 0.0909. The molecule has 6 heteroatoms. The Hall–Kier alpha value is -2.08. The fourth-order valence-electron chi connectivity index (χ4n) is 1.31. The first-order valence-electron chi connectivity index (χ1n) is 4.90. The number of rotatable bonds is 3. The van der Waals surface area contributed by atoms with Crippen molar-refractivity contribution in [2.45, 2.75) is 0 Å². The van der Waals surface area contributed by atoms with Crippen LogP contribution >= 0.6 is 12.2 Å². The van der Waals surface area contributed by atoms with Gasteiger partial charge in [0.1, 0.15) is 0 Å². The van der Waals surface area contributed by atoms with Crippen molar-refractivity contribution in [1.29, 1.82) is 0 Å². The molecule has 0 spiro atoms. The molecule has 1 aliphatic rings. The summed E-state index contributed by atoms with van der Waals surface area (Å²) in [5.74, 6) is 1.52. The van der Waals surface area contributed by atoms with Gasteiger partial charge in [-0.2, -0.15) is 5.10 Å². The lowest BCUT2D eigenvalue weighted by Crippen LogP contribution is -2.23. The van der Waals surface area contributed by atoms with E-state index >= 15 is 0 Å². The van der Waals surface area contributed by atoms with Crippen LogP contribution in [0.3, 0.4) is 0 Å². The van der Waals surface area contributed by atoms with Crippen LogP contribution in [0.25, 0.3) is 6.08 Å². The number of nitrogens with one attached hydrogen (secondary N) is 1. The SMILES string of the molecule is NC(=S)NN=CC=Cc1ccc2c(c1)OCO2. The summed E-state index contributed by atoms with van der Waals surface area (Å²) in [6, 6.07) is 5.69. The van der Waals surface area contributed by atoms with Gasteiger partial charge < -0.3 is 15.2 Å². The Bertz CT molecular complexity index is 486. The van der Waals surface area contributed by atoms with Crippen LogP contribution < -0.4 is 20.6 Å². The molecule has 0 bridgehead atoms. The maximum atomic E-state index is 5.26. The third-order valence-corrected chi connectivity index (χ3v) is 2.11. The Morgan fingerprint density at radius 1 is 1.41 bits per heavy atom. The lowest BCUT2D eigenvalue weighted by atomic mass is 10.2. The van der Waals surface area contributed by atoms with Crippen LogP contribution in [0.15, 0.2) is 29.4 Å². The van der Waals surface area contributed by atoms with Crippen molar-refractivity contribution in [3.8, 4) is 11.5 Å². The second-order valence-corrected chi connectivity index (χ2v) is 3.67. The van der Waals surface area contributed by atoms with Crippen LogP contribution in [0.1, 0.15) is 5.56 Å². The molecular formula is C11H11N3O2S. The van der Waals surface area contributed by atoms with Gasteiger partial charge in [0.15, 0.2) is 16.6 Å². The molecule has 0 saturated heterocycles. The number of fused-ring (bicyclic) bond motifs is 1. The average molecular weight is 249 g/mol. The van der Waals surface area contributed by atoms with Gasteiger partial charge in [0.2, 0.25) is 6.79 Å². The molecule has 1 heterocycles. The number of hydrazone groups is 1. The summed E-state index contributed by atoms with van der Waals surface area (Å²) in [6.45, 7) is 0.280. The van der Waals surface area contributed by atoms with E-state index in [4.69, 9.17) is 15.2 Å². The van der Waals surface area contributed by atoms with Crippen molar-refractivity contribution in [3.63, 3.8) is 0 Å². The third-order valence-electron chi connectivity index (χ3n) is 2.02. The lowest BCUT2D eigenvalue weighted by Gasteiger charge is -1.96. The van der Waals surface area contributed by atoms with E-state index in [2.05, 4.69) is 22.7 Å². The standard InChI is InChI=1S/C11H11N3O2S/c12-11(17)14-13-5-1-2-8-3-4-9-10(6-8)16-7-15-9/h1-6H,7H2,(H3,12,14,17). The minimum atomic E-state index is 0.137. The number of hydrogen-bond acceptors (Lipinski definition) is 4. The molecule has 17 heavy (non-hydrogen) atoms. The Morgan fingerprint density at radius 3 is 3.06 bits per heavy atom. The molecule has 0 amide bonds. The fourth-order valence-corrected chi connectivity index (χ4v) is 1.37. The van der Waals surface area contributed by atoms with Crippen LogP contribution in [0.4, 0.5) is 0 Å². The van der Waals surface area contributed by atoms with Crippen molar-refractivity contribution < 1.29 is 9.47 Å². The van der Waals surface area contributed by atoms with Crippen molar-refractivity contribution in [3.05, 3.63) is 29.8 Å². The molecule has 0 radical (unpaired) electrons. The van der Waals surface area contributed by atoms with Crippen molar-refractivity contribution in [2.75, 3.05) is 6.79 Å². The topological polar surface area (TPSA) is 68.9 Å². The van der Waals surface area contributed by atoms with E-state index in [1.807, 2.05) is 24.3 Å². The molecule has 0 atom stereocenters. The van der Waals surface area contributed by atoms with Gasteiger partial charge in [0.05, 0.1) is 0 Å². The molecule has 1 aromatic carbocycles. The first kappa shape index (κ1) is 11.4. The van der Waals surface area contributed by atoms with Gasteiger partial charge in [-0.3, -0.25) is 5.43 Å². The Morgan fingerprint density at radius 2 is 2.24 bits per heavy atom. The monoisotopic (exact) mass is 249 g/mol. The van der Waals surface area contributed by atoms with E-state index in [0.717, 1.165) is 17.1 Å². The molecule has 0 aliphatic carbocycles. The minimum Gasteiger partial charge on any atom is -0.454 e. The molecular weight excluding hydrogens is 238 g/mol. The molecule has 5 nitrogen and oxygen atoms in total. The van der Waals surface area contributed by atoms with E-state index in [1.54, 1.807) is 12.3 Å². The molecule has 1 aliphatic heterocycles. The van der Waals surface area contributed by atoms with Gasteiger partial charge in [0.25, 0.3) is 0 Å². The van der Waals surface area contributed by atoms with Crippen LogP contribution in [0, 0.1) is 0 Å². The minimum absolute atomic E-state index is 0.137. The summed E-state index contributed by atoms with van der Waals surface area (Å²) in [5, 5.41) is 3.91. The highest BCUT2D eigenvalue weighted by Gasteiger charge is 2.11. The molecule has 0 unspecified atom stereocenters. The number of nitrogens with two attached hydrogens (primary N) is 1. The maximum absolute atomic E-state index is 5.26. The molecule has 3 N–H and O–H groups in total. The van der Waals surface area contributed by atoms with Gasteiger partial charge >= 0.3 is 0 Å². The zero-order valence-electron chi connectivity index (χ0n) is 8.92. The van der Waals surface area contributed by atoms with Gasteiger partial charge in [-0.25, -0.2) is 0 Å². The van der Waals surface area contributed by atoms with E-state index in [1.165, 1.54) is 0 Å². The highest BCUT2D eigenvalue weighted by molar-refractivity contribution is 7.80. The zero-order valence-corrected chi connectivity index (χ0v) is 9.74. The Labute approximate surface area is 104 Å². The first-order valence-corrected chi connectivity index (χ1v) is 5.31. The van der Waals surface area contributed by atoms with Crippen LogP contribution in [0.2, 0.25) is 0 Å². The highest BCUT2D eigenvalue weighted by atomic mass is 32.1. The largest absolute Gasteiger partial charge is 0.454 e. The lowest BCUT2D eigenvalue weighted by molar-refractivity contribution is 0.174. The first-order chi connectivity index (χ1) is 8.25. The summed E-state index contributed by atoms with van der Waals surface area (Å²) < 4.78 is 10.5. The van der Waals surface area contributed by atoms with Crippen molar-refractivity contribution >= 4 is 29.6 Å². The molecule has 0 aromatic heterocycles. The summed E-state index contributed by atoms with van der Waals surface area (Å²) in [7, 11) is 0. The highest BCUT2D eigenvalue weighted by Crippen LogP contribution is 2.32. The number of allylic oxidation sites excluding steroid dienone is 1. The summed E-state index contributed by atoms with van der Waals surface area (Å²) in [4.78, 5) is 0. The van der Waals surface area contributed by atoms with Crippen LogP contribution in [-0.2, 0) is 0 Å². The quantitative estimate of drug-likeness (QED) is 0.479. The normalized spacial score (nSPS) is 13.4. The van der Waals surface area contributed by atoms with Crippen LogP contribution in [-0.4, -0.2) is 18.1 Å². The average Bonchev–Trinajstić information content (AvgIpc) is 2.75. The molecule has 0 saturated carbocycles. The van der Waals surface area contributed by atoms with Gasteiger partial charge in [-0.1, -0.05) is 12.1 Å². The molecule has 1 aromatic rings. The summed E-state index contributed by atoms with van der Waals surface area (Å²) in [6.07, 6.45) is 5.21. The van der Waals surface area contributed by atoms with Crippen LogP contribution in [0.5, 0.6) is 11.5 Å². The molecule has 0 fully saturated rings. The van der Waals surface area contributed by atoms with E-state index < -0.39 is 0 Å². The summed E-state index contributed by atoms with van der Waals surface area (Å²) in [5.41, 5.74) is 8.65. The predicted octanol–water partition coefficient (Wildman–Crippen LogP) is 1.25. The number of benzene rings is 1. The Kier molecular flexibility index (Phi) is 3.56. The number of nitrogens with zero attached hydrogens (tertiary/aromatic N) is 1. The predicted molar refractivity (Wildman–Crippen MR) is 70.0 cm³/mol. The summed E-state index contributed by atoms with van der Waals surface area (Å²) >= 11 is 4.59. The van der Waals surface area contributed by atoms with Gasteiger partial charge in [-0.05, 0) is 36.0 Å². The van der Waals surface area contributed by atoms with Crippen molar-refractivity contribution in [1.82, 2.24) is 5.43 Å². The van der Waals surface area contributed by atoms with E-state index in [9.17, 15) is 0 Å².